The molecule has 0 radical (unpaired) electrons. The van der Waals surface area contributed by atoms with Crippen LogP contribution in [0.15, 0.2) is 0 Å². The Kier molecular flexibility index (Phi) is 7.72. The molecule has 1 heterocycles. The maximum atomic E-state index is 13.3. The third-order valence-electron chi connectivity index (χ3n) is 6.80. The van der Waals surface area contributed by atoms with Gasteiger partial charge >= 0.3 is 7.12 Å². The molecule has 2 N–H and O–H groups in total. The Morgan fingerprint density at radius 1 is 1.09 bits per heavy atom. The summed E-state index contributed by atoms with van der Waals surface area (Å²) in [7, 11) is -0.366. The number of carbonyl (C=O) groups is 2. The van der Waals surface area contributed by atoms with Gasteiger partial charge in [-0.1, -0.05) is 6.42 Å². The molecule has 32 heavy (non-hydrogen) atoms. The minimum atomic E-state index is -1.17. The first-order valence-corrected chi connectivity index (χ1v) is 11.5. The van der Waals surface area contributed by atoms with Gasteiger partial charge in [0.25, 0.3) is 0 Å². The number of amides is 2. The highest BCUT2D eigenvalue weighted by Crippen LogP contribution is 2.42. The minimum Gasteiger partial charge on any atom is -0.403 e. The third kappa shape index (κ3) is 6.67. The fourth-order valence-corrected chi connectivity index (χ4v) is 4.87. The zero-order chi connectivity index (χ0) is 24.5. The van der Waals surface area contributed by atoms with E-state index < -0.39 is 22.3 Å². The maximum Gasteiger partial charge on any atom is 0.457 e. The van der Waals surface area contributed by atoms with Crippen LogP contribution in [0.25, 0.3) is 0 Å². The van der Waals surface area contributed by atoms with Crippen LogP contribution in [0.3, 0.4) is 0 Å². The van der Waals surface area contributed by atoms with Crippen LogP contribution in [0.2, 0.25) is 6.32 Å². The smallest absolute Gasteiger partial charge is 0.403 e. The van der Waals surface area contributed by atoms with Gasteiger partial charge in [0.2, 0.25) is 18.4 Å². The summed E-state index contributed by atoms with van der Waals surface area (Å²) in [6, 6.07) is 0. The van der Waals surface area contributed by atoms with Gasteiger partial charge in [-0.05, 0) is 80.0 Å². The predicted molar refractivity (Wildman–Crippen MR) is 123 cm³/mol. The molecule has 0 unspecified atom stereocenters. The number of rotatable bonds is 7. The molecule has 182 valence electrons. The van der Waals surface area contributed by atoms with Gasteiger partial charge in [0, 0.05) is 23.3 Å². The first-order chi connectivity index (χ1) is 14.4. The number of nitrogens with zero attached hydrogens (tertiary/aromatic N) is 1. The summed E-state index contributed by atoms with van der Waals surface area (Å²) in [5.74, 6) is -0.890. The SMILES string of the molecule is CC(=O)N[C@]1(C(=O)NC(C)(C)C)C[C@H](CCB2OC(C)(C)C(C)(C)O2)C[C@@H](C[N+](=O)[O-])C1. The number of nitro groups is 1. The van der Waals surface area contributed by atoms with Crippen molar-refractivity contribution < 1.29 is 23.8 Å². The number of carbonyl (C=O) groups excluding carboxylic acids is 2. The maximum absolute atomic E-state index is 13.3. The molecule has 1 saturated heterocycles. The molecule has 3 atom stereocenters. The van der Waals surface area contributed by atoms with E-state index in [0.717, 1.165) is 0 Å². The van der Waals surface area contributed by atoms with Gasteiger partial charge in [-0.3, -0.25) is 19.7 Å². The fraction of sp³-hybridized carbons (Fsp3) is 0.909. The van der Waals surface area contributed by atoms with Crippen LogP contribution in [0.5, 0.6) is 0 Å². The fourth-order valence-electron chi connectivity index (χ4n) is 4.87. The Hall–Kier alpha value is -1.68. The zero-order valence-corrected chi connectivity index (χ0v) is 20.9. The summed E-state index contributed by atoms with van der Waals surface area (Å²) < 4.78 is 12.2. The summed E-state index contributed by atoms with van der Waals surface area (Å²) in [6.07, 6.45) is 2.63. The van der Waals surface area contributed by atoms with Gasteiger partial charge in [0.1, 0.15) is 5.54 Å². The van der Waals surface area contributed by atoms with Gasteiger partial charge in [0.05, 0.1) is 11.2 Å². The summed E-state index contributed by atoms with van der Waals surface area (Å²) in [6.45, 7) is 14.8. The van der Waals surface area contributed by atoms with Gasteiger partial charge in [-0.2, -0.15) is 0 Å². The average molecular weight is 453 g/mol. The van der Waals surface area contributed by atoms with Crippen molar-refractivity contribution >= 4 is 18.9 Å². The van der Waals surface area contributed by atoms with E-state index in [0.29, 0.717) is 25.6 Å². The van der Waals surface area contributed by atoms with Crippen LogP contribution in [0.4, 0.5) is 0 Å². The molecule has 0 spiro atoms. The van der Waals surface area contributed by atoms with Crippen molar-refractivity contribution in [2.24, 2.45) is 11.8 Å². The molecule has 2 rings (SSSR count). The zero-order valence-electron chi connectivity index (χ0n) is 20.9. The summed E-state index contributed by atoms with van der Waals surface area (Å²) in [5.41, 5.74) is -2.51. The molecule has 0 aromatic rings. The van der Waals surface area contributed by atoms with Gasteiger partial charge in [-0.15, -0.1) is 0 Å². The molecule has 0 bridgehead atoms. The van der Waals surface area contributed by atoms with E-state index in [-0.39, 0.29) is 48.7 Å². The molecule has 2 fully saturated rings. The van der Waals surface area contributed by atoms with Crippen LogP contribution in [0.1, 0.15) is 81.1 Å². The number of nitrogens with one attached hydrogen (secondary N) is 2. The molecular formula is C22H40BN3O6. The monoisotopic (exact) mass is 453 g/mol. The molecule has 2 aliphatic rings. The Morgan fingerprint density at radius 2 is 1.62 bits per heavy atom. The van der Waals surface area contributed by atoms with E-state index in [4.69, 9.17) is 9.31 Å². The highest BCUT2D eigenvalue weighted by atomic mass is 16.7. The Balaban J connectivity index is 2.22. The van der Waals surface area contributed by atoms with E-state index >= 15 is 0 Å². The van der Waals surface area contributed by atoms with Gasteiger partial charge in [-0.25, -0.2) is 0 Å². The Morgan fingerprint density at radius 3 is 2.09 bits per heavy atom. The lowest BCUT2D eigenvalue weighted by atomic mass is 9.66. The molecule has 1 aliphatic heterocycles. The third-order valence-corrected chi connectivity index (χ3v) is 6.80. The lowest BCUT2D eigenvalue weighted by Crippen LogP contribution is -2.64. The van der Waals surface area contributed by atoms with Gasteiger partial charge < -0.3 is 19.9 Å². The molecule has 2 amide bonds. The second-order valence-electron chi connectivity index (χ2n) is 11.6. The second-order valence-corrected chi connectivity index (χ2v) is 11.6. The Bertz CT molecular complexity index is 720. The highest BCUT2D eigenvalue weighted by molar-refractivity contribution is 6.45. The van der Waals surface area contributed by atoms with E-state index in [2.05, 4.69) is 10.6 Å². The predicted octanol–water partition coefficient (Wildman–Crippen LogP) is 2.95. The number of hydrogen-bond acceptors (Lipinski definition) is 6. The quantitative estimate of drug-likeness (QED) is 0.348. The van der Waals surface area contributed by atoms with Gasteiger partial charge in [0.15, 0.2) is 0 Å². The molecule has 0 aromatic carbocycles. The van der Waals surface area contributed by atoms with E-state index in [1.165, 1.54) is 6.92 Å². The van der Waals surface area contributed by atoms with E-state index in [9.17, 15) is 19.7 Å². The van der Waals surface area contributed by atoms with Crippen molar-refractivity contribution in [2.75, 3.05) is 6.54 Å². The largest absolute Gasteiger partial charge is 0.457 e. The summed E-state index contributed by atoms with van der Waals surface area (Å²) in [4.78, 5) is 36.4. The lowest BCUT2D eigenvalue weighted by Gasteiger charge is -2.44. The van der Waals surface area contributed by atoms with Crippen molar-refractivity contribution in [3.63, 3.8) is 0 Å². The Labute approximate surface area is 192 Å². The molecule has 1 saturated carbocycles. The van der Waals surface area contributed by atoms with Crippen molar-refractivity contribution in [1.29, 1.82) is 0 Å². The summed E-state index contributed by atoms with van der Waals surface area (Å²) >= 11 is 0. The van der Waals surface area contributed by atoms with Crippen LogP contribution in [-0.4, -0.2) is 52.7 Å². The topological polar surface area (TPSA) is 120 Å². The average Bonchev–Trinajstić information content (AvgIpc) is 2.77. The van der Waals surface area contributed by atoms with Crippen molar-refractivity contribution in [3.05, 3.63) is 10.1 Å². The standard InChI is InChI=1S/C22H40BN3O6/c1-15(27)24-22(18(28)25-19(2,3)4)12-16(11-17(13-22)14-26(29)30)9-10-23-31-20(5,6)21(7,8)32-23/h16-17H,9-14H2,1-8H3,(H,24,27)(H,25,28)/t16-,17-,22-/m1/s1. The van der Waals surface area contributed by atoms with Crippen molar-refractivity contribution in [2.45, 2.75) is 110 Å². The number of hydrogen-bond donors (Lipinski definition) is 2. The van der Waals surface area contributed by atoms with E-state index in [1.807, 2.05) is 48.5 Å². The first-order valence-electron chi connectivity index (χ1n) is 11.5. The van der Waals surface area contributed by atoms with Crippen LogP contribution < -0.4 is 10.6 Å². The second kappa shape index (κ2) is 9.29. The van der Waals surface area contributed by atoms with E-state index in [1.54, 1.807) is 0 Å². The van der Waals surface area contributed by atoms with Crippen LogP contribution in [-0.2, 0) is 18.9 Å². The summed E-state index contributed by atoms with van der Waals surface area (Å²) in [5, 5.41) is 17.1. The first kappa shape index (κ1) is 26.6. The molecule has 0 aromatic heterocycles. The van der Waals surface area contributed by atoms with Crippen LogP contribution in [0, 0.1) is 22.0 Å². The molecule has 10 heteroatoms. The normalized spacial score (nSPS) is 29.4. The molecule has 9 nitrogen and oxygen atoms in total. The minimum absolute atomic E-state index is 0.0188. The van der Waals surface area contributed by atoms with Crippen LogP contribution >= 0.6 is 0 Å². The molecular weight excluding hydrogens is 413 g/mol. The van der Waals surface area contributed by atoms with Crippen molar-refractivity contribution in [3.8, 4) is 0 Å². The van der Waals surface area contributed by atoms with Crippen molar-refractivity contribution in [1.82, 2.24) is 10.6 Å². The molecule has 1 aliphatic carbocycles. The lowest BCUT2D eigenvalue weighted by molar-refractivity contribution is -0.489. The highest BCUT2D eigenvalue weighted by Gasteiger charge is 2.52.